The van der Waals surface area contributed by atoms with Crippen LogP contribution in [0.5, 0.6) is 5.75 Å². The zero-order chi connectivity index (χ0) is 11.6. The van der Waals surface area contributed by atoms with Gasteiger partial charge in [0.05, 0.1) is 6.54 Å². The number of hydrogen-bond acceptors (Lipinski definition) is 3. The molecule has 0 aliphatic carbocycles. The molecule has 0 heterocycles. The van der Waals surface area contributed by atoms with Crippen LogP contribution < -0.4 is 5.73 Å². The Hall–Kier alpha value is -1.35. The van der Waals surface area contributed by atoms with Crippen molar-refractivity contribution in [2.45, 2.75) is 26.7 Å². The van der Waals surface area contributed by atoms with Gasteiger partial charge < -0.3 is 10.8 Å². The van der Waals surface area contributed by atoms with Gasteiger partial charge >= 0.3 is 0 Å². The number of carbonyl (C=O) groups excluding carboxylic acids is 1. The van der Waals surface area contributed by atoms with Crippen molar-refractivity contribution >= 4 is 5.78 Å². The van der Waals surface area contributed by atoms with Crippen molar-refractivity contribution in [2.75, 3.05) is 6.54 Å². The molecule has 0 radical (unpaired) electrons. The molecule has 0 saturated carbocycles. The van der Waals surface area contributed by atoms with Gasteiger partial charge in [0.2, 0.25) is 0 Å². The summed E-state index contributed by atoms with van der Waals surface area (Å²) in [7, 11) is 0. The predicted octanol–water partition coefficient (Wildman–Crippen LogP) is 1.97. The van der Waals surface area contributed by atoms with E-state index in [-0.39, 0.29) is 24.0 Å². The van der Waals surface area contributed by atoms with Crippen molar-refractivity contribution in [1.82, 2.24) is 0 Å². The monoisotopic (exact) mass is 207 g/mol. The van der Waals surface area contributed by atoms with Crippen molar-refractivity contribution in [3.63, 3.8) is 0 Å². The molecule has 3 N–H and O–H groups in total. The van der Waals surface area contributed by atoms with Crippen molar-refractivity contribution in [3.05, 3.63) is 28.8 Å². The van der Waals surface area contributed by atoms with Gasteiger partial charge in [0.15, 0.2) is 5.78 Å². The molecule has 3 heteroatoms. The van der Waals surface area contributed by atoms with E-state index in [0.717, 1.165) is 11.1 Å². The van der Waals surface area contributed by atoms with Crippen LogP contribution in [0.4, 0.5) is 0 Å². The van der Waals surface area contributed by atoms with Crippen LogP contribution >= 0.6 is 0 Å². The zero-order valence-electron chi connectivity index (χ0n) is 9.37. The molecule has 1 aromatic carbocycles. The lowest BCUT2D eigenvalue weighted by Crippen LogP contribution is -2.15. The van der Waals surface area contributed by atoms with Crippen molar-refractivity contribution in [1.29, 1.82) is 0 Å². The lowest BCUT2D eigenvalue weighted by Gasteiger charge is -2.12. The molecular formula is C12H17NO2. The van der Waals surface area contributed by atoms with E-state index in [1.54, 1.807) is 19.1 Å². The summed E-state index contributed by atoms with van der Waals surface area (Å²) in [5.41, 5.74) is 7.50. The highest BCUT2D eigenvalue weighted by atomic mass is 16.3. The second-order valence-corrected chi connectivity index (χ2v) is 4.01. The fraction of sp³-hybridized carbons (Fsp3) is 0.417. The number of phenolic OH excluding ortho intramolecular Hbond substituents is 1. The van der Waals surface area contributed by atoms with Gasteiger partial charge in [0.25, 0.3) is 0 Å². The van der Waals surface area contributed by atoms with Gasteiger partial charge in [-0.2, -0.15) is 0 Å². The molecule has 0 aromatic heterocycles. The van der Waals surface area contributed by atoms with E-state index >= 15 is 0 Å². The topological polar surface area (TPSA) is 63.3 Å². The fourth-order valence-corrected chi connectivity index (χ4v) is 1.58. The van der Waals surface area contributed by atoms with E-state index in [9.17, 15) is 9.90 Å². The molecule has 1 rings (SSSR count). The molecule has 0 saturated heterocycles. The first-order valence-corrected chi connectivity index (χ1v) is 5.04. The van der Waals surface area contributed by atoms with Gasteiger partial charge in [-0.15, -0.1) is 0 Å². The third-order valence-electron chi connectivity index (χ3n) is 2.48. The Morgan fingerprint density at radius 3 is 2.53 bits per heavy atom. The lowest BCUT2D eigenvalue weighted by atomic mass is 9.95. The third kappa shape index (κ3) is 2.36. The summed E-state index contributed by atoms with van der Waals surface area (Å²) in [4.78, 5) is 11.5. The van der Waals surface area contributed by atoms with E-state index in [1.165, 1.54) is 0 Å². The second-order valence-electron chi connectivity index (χ2n) is 4.01. The molecule has 82 valence electrons. The lowest BCUT2D eigenvalue weighted by molar-refractivity contribution is 0.100. The quantitative estimate of drug-likeness (QED) is 0.745. The first-order valence-electron chi connectivity index (χ1n) is 5.04. The van der Waals surface area contributed by atoms with Crippen molar-refractivity contribution in [2.24, 2.45) is 5.73 Å². The summed E-state index contributed by atoms with van der Waals surface area (Å²) >= 11 is 0. The van der Waals surface area contributed by atoms with E-state index in [0.29, 0.717) is 5.56 Å². The normalized spacial score (nSPS) is 10.7. The number of ketones is 1. The molecule has 0 aliphatic rings. The van der Waals surface area contributed by atoms with E-state index < -0.39 is 0 Å². The Bertz CT molecular complexity index is 383. The van der Waals surface area contributed by atoms with Crippen molar-refractivity contribution in [3.8, 4) is 5.75 Å². The first-order chi connectivity index (χ1) is 6.97. The van der Waals surface area contributed by atoms with Gasteiger partial charge in [0, 0.05) is 5.56 Å². The second kappa shape index (κ2) is 4.45. The molecule has 3 nitrogen and oxygen atoms in total. The minimum Gasteiger partial charge on any atom is -0.508 e. The van der Waals surface area contributed by atoms with Crippen LogP contribution in [0.15, 0.2) is 12.1 Å². The number of nitrogens with two attached hydrogens (primary N) is 1. The summed E-state index contributed by atoms with van der Waals surface area (Å²) in [6.45, 7) is 5.75. The van der Waals surface area contributed by atoms with Crippen LogP contribution in [0.1, 0.15) is 41.3 Å². The largest absolute Gasteiger partial charge is 0.508 e. The summed E-state index contributed by atoms with van der Waals surface area (Å²) in [6, 6.07) is 3.36. The standard InChI is InChI=1S/C12H17NO2/c1-7(2)9-5-10(12(15)6-13)8(3)4-11(9)14/h4-5,7,14H,6,13H2,1-3H3. The Morgan fingerprint density at radius 1 is 1.47 bits per heavy atom. The molecule has 0 unspecified atom stereocenters. The maximum absolute atomic E-state index is 11.5. The minimum atomic E-state index is -0.0885. The fourth-order valence-electron chi connectivity index (χ4n) is 1.58. The molecular weight excluding hydrogens is 190 g/mol. The van der Waals surface area contributed by atoms with Crippen LogP contribution in [0.2, 0.25) is 0 Å². The Morgan fingerprint density at radius 2 is 2.07 bits per heavy atom. The maximum atomic E-state index is 11.5. The summed E-state index contributed by atoms with van der Waals surface area (Å²) in [5.74, 6) is 0.348. The van der Waals surface area contributed by atoms with E-state index in [2.05, 4.69) is 0 Å². The summed E-state index contributed by atoms with van der Waals surface area (Å²) in [5, 5.41) is 9.70. The number of benzene rings is 1. The number of carbonyl (C=O) groups is 1. The number of phenols is 1. The van der Waals surface area contributed by atoms with Gasteiger partial charge in [-0.1, -0.05) is 13.8 Å². The number of hydrogen-bond donors (Lipinski definition) is 2. The first kappa shape index (κ1) is 11.7. The Balaban J connectivity index is 3.29. The average molecular weight is 207 g/mol. The Kier molecular flexibility index (Phi) is 3.48. The minimum absolute atomic E-state index is 0.00313. The molecule has 1 aromatic rings. The average Bonchev–Trinajstić information content (AvgIpc) is 2.16. The van der Waals surface area contributed by atoms with Crippen LogP contribution in [0.3, 0.4) is 0 Å². The maximum Gasteiger partial charge on any atom is 0.176 e. The number of aromatic hydroxyl groups is 1. The van der Waals surface area contributed by atoms with Gasteiger partial charge in [0.1, 0.15) is 5.75 Å². The molecule has 0 fully saturated rings. The number of Topliss-reactive ketones (excluding diaryl/α,β-unsaturated/α-hetero) is 1. The van der Waals surface area contributed by atoms with Gasteiger partial charge in [-0.25, -0.2) is 0 Å². The van der Waals surface area contributed by atoms with Crippen molar-refractivity contribution < 1.29 is 9.90 Å². The third-order valence-corrected chi connectivity index (χ3v) is 2.48. The molecule has 0 amide bonds. The predicted molar refractivity (Wildman–Crippen MR) is 60.3 cm³/mol. The molecule has 0 aliphatic heterocycles. The number of rotatable bonds is 3. The summed E-state index contributed by atoms with van der Waals surface area (Å²) < 4.78 is 0. The van der Waals surface area contributed by atoms with Crippen LogP contribution in [0.25, 0.3) is 0 Å². The van der Waals surface area contributed by atoms with Crippen LogP contribution in [-0.2, 0) is 0 Å². The molecule has 0 atom stereocenters. The molecule has 0 bridgehead atoms. The highest BCUT2D eigenvalue weighted by molar-refractivity contribution is 5.99. The van der Waals surface area contributed by atoms with Gasteiger partial charge in [-0.3, -0.25) is 4.79 Å². The van der Waals surface area contributed by atoms with Crippen LogP contribution in [0, 0.1) is 6.92 Å². The highest BCUT2D eigenvalue weighted by Gasteiger charge is 2.13. The highest BCUT2D eigenvalue weighted by Crippen LogP contribution is 2.28. The molecule has 15 heavy (non-hydrogen) atoms. The Labute approximate surface area is 89.9 Å². The molecule has 0 spiro atoms. The smallest absolute Gasteiger partial charge is 0.176 e. The zero-order valence-corrected chi connectivity index (χ0v) is 9.37. The van der Waals surface area contributed by atoms with Crippen LogP contribution in [-0.4, -0.2) is 17.4 Å². The SMILES string of the molecule is Cc1cc(O)c(C(C)C)cc1C(=O)CN. The number of aryl methyl sites for hydroxylation is 1. The van der Waals surface area contributed by atoms with Gasteiger partial charge in [-0.05, 0) is 36.1 Å². The van der Waals surface area contributed by atoms with E-state index in [4.69, 9.17) is 5.73 Å². The summed E-state index contributed by atoms with van der Waals surface area (Å²) in [6.07, 6.45) is 0. The van der Waals surface area contributed by atoms with E-state index in [1.807, 2.05) is 13.8 Å².